The van der Waals surface area contributed by atoms with Gasteiger partial charge in [0.15, 0.2) is 5.11 Å². The van der Waals surface area contributed by atoms with E-state index < -0.39 is 0 Å². The highest BCUT2D eigenvalue weighted by molar-refractivity contribution is 7.80. The highest BCUT2D eigenvalue weighted by Crippen LogP contribution is 2.35. The predicted octanol–water partition coefficient (Wildman–Crippen LogP) is 5.60. The number of hydrogen-bond acceptors (Lipinski definition) is 4. The number of benzene rings is 1. The van der Waals surface area contributed by atoms with E-state index in [-0.39, 0.29) is 5.97 Å². The zero-order chi connectivity index (χ0) is 19.1. The lowest BCUT2D eigenvalue weighted by atomic mass is 9.97. The number of anilines is 1. The van der Waals surface area contributed by atoms with E-state index >= 15 is 0 Å². The molecule has 0 aliphatic heterocycles. The minimum Gasteiger partial charge on any atom is -0.465 e. The number of carbonyl (C=O) groups is 1. The second-order valence-corrected chi connectivity index (χ2v) is 8.31. The summed E-state index contributed by atoms with van der Waals surface area (Å²) in [5.41, 5.74) is 1.59. The molecule has 0 bridgehead atoms. The summed E-state index contributed by atoms with van der Waals surface area (Å²) in [6.07, 6.45) is 8.72. The maximum atomic E-state index is 12.2. The molecule has 6 heteroatoms. The molecule has 0 amide bonds. The molecule has 0 radical (unpaired) electrons. The average Bonchev–Trinajstić information content (AvgIpc) is 3.07. The van der Waals surface area contributed by atoms with Crippen LogP contribution >= 0.6 is 23.6 Å². The highest BCUT2D eigenvalue weighted by Gasteiger charge is 2.19. The van der Waals surface area contributed by atoms with Gasteiger partial charge in [-0.05, 0) is 36.7 Å². The van der Waals surface area contributed by atoms with Crippen LogP contribution in [0.2, 0.25) is 0 Å². The van der Waals surface area contributed by atoms with E-state index in [1.54, 1.807) is 0 Å². The Labute approximate surface area is 170 Å². The van der Waals surface area contributed by atoms with Crippen LogP contribution in [0.1, 0.15) is 55.3 Å². The van der Waals surface area contributed by atoms with E-state index in [0.29, 0.717) is 16.7 Å². The Hall–Kier alpha value is -1.92. The first-order chi connectivity index (χ1) is 13.2. The number of thiocarbonyl (C=S) groups is 1. The van der Waals surface area contributed by atoms with E-state index in [9.17, 15) is 4.79 Å². The van der Waals surface area contributed by atoms with Crippen molar-refractivity contribution in [1.29, 1.82) is 0 Å². The Kier molecular flexibility index (Phi) is 7.24. The van der Waals surface area contributed by atoms with Crippen molar-refractivity contribution in [2.45, 2.75) is 51.0 Å². The number of ether oxygens (including phenoxy) is 1. The zero-order valence-corrected chi connectivity index (χ0v) is 17.3. The van der Waals surface area contributed by atoms with Crippen molar-refractivity contribution in [3.8, 4) is 10.4 Å². The number of methoxy groups -OCH3 is 1. The Morgan fingerprint density at radius 3 is 2.44 bits per heavy atom. The number of carbonyl (C=O) groups excluding carboxylic acids is 1. The van der Waals surface area contributed by atoms with Crippen LogP contribution in [-0.2, 0) is 4.74 Å². The molecule has 1 aliphatic rings. The summed E-state index contributed by atoms with van der Waals surface area (Å²) in [6.45, 7) is 0. The monoisotopic (exact) mass is 402 g/mol. The van der Waals surface area contributed by atoms with Crippen molar-refractivity contribution in [2.24, 2.45) is 0 Å². The van der Waals surface area contributed by atoms with Crippen LogP contribution in [0.3, 0.4) is 0 Å². The third-order valence-electron chi connectivity index (χ3n) is 4.86. The second kappa shape index (κ2) is 9.85. The molecule has 0 unspecified atom stereocenters. The molecule has 1 heterocycles. The van der Waals surface area contributed by atoms with Crippen LogP contribution < -0.4 is 10.6 Å². The van der Waals surface area contributed by atoms with Gasteiger partial charge in [-0.2, -0.15) is 0 Å². The molecule has 1 saturated carbocycles. The quantitative estimate of drug-likeness (QED) is 0.515. The van der Waals surface area contributed by atoms with Crippen LogP contribution in [0.15, 0.2) is 36.4 Å². The molecule has 0 spiro atoms. The number of esters is 1. The first-order valence-electron chi connectivity index (χ1n) is 9.52. The van der Waals surface area contributed by atoms with E-state index in [1.165, 1.54) is 50.6 Å². The molecule has 0 atom stereocenters. The van der Waals surface area contributed by atoms with Crippen molar-refractivity contribution in [2.75, 3.05) is 12.4 Å². The van der Waals surface area contributed by atoms with Crippen LogP contribution in [0, 0.1) is 0 Å². The Morgan fingerprint density at radius 1 is 1.11 bits per heavy atom. The summed E-state index contributed by atoms with van der Waals surface area (Å²) >= 11 is 7.05. The first-order valence-corrected chi connectivity index (χ1v) is 10.7. The molecular formula is C21H26N2O2S2. The second-order valence-electron chi connectivity index (χ2n) is 6.85. The summed E-state index contributed by atoms with van der Waals surface area (Å²) in [5, 5.41) is 7.98. The van der Waals surface area contributed by atoms with Gasteiger partial charge in [0.2, 0.25) is 0 Å². The Balaban J connectivity index is 1.73. The van der Waals surface area contributed by atoms with Crippen molar-refractivity contribution in [3.63, 3.8) is 0 Å². The SMILES string of the molecule is COC(=O)c1cc(-c2ccccc2)sc1NC(=S)NC1CCCCCCC1. The Morgan fingerprint density at radius 2 is 1.78 bits per heavy atom. The normalized spacial score (nSPS) is 15.4. The van der Waals surface area contributed by atoms with Crippen LogP contribution in [0.5, 0.6) is 0 Å². The first kappa shape index (κ1) is 19.8. The van der Waals surface area contributed by atoms with E-state index in [0.717, 1.165) is 28.3 Å². The van der Waals surface area contributed by atoms with Gasteiger partial charge in [0.05, 0.1) is 12.7 Å². The summed E-state index contributed by atoms with van der Waals surface area (Å²) in [4.78, 5) is 13.2. The lowest BCUT2D eigenvalue weighted by Gasteiger charge is -2.22. The van der Waals surface area contributed by atoms with Gasteiger partial charge in [0, 0.05) is 10.9 Å². The third-order valence-corrected chi connectivity index (χ3v) is 6.18. The molecule has 1 aromatic heterocycles. The molecule has 3 rings (SSSR count). The molecule has 144 valence electrons. The number of nitrogens with one attached hydrogen (secondary N) is 2. The molecule has 27 heavy (non-hydrogen) atoms. The summed E-state index contributed by atoms with van der Waals surface area (Å²) in [5.74, 6) is -0.357. The molecule has 4 nitrogen and oxygen atoms in total. The van der Waals surface area contributed by atoms with E-state index in [2.05, 4.69) is 10.6 Å². The van der Waals surface area contributed by atoms with Gasteiger partial charge in [-0.15, -0.1) is 11.3 Å². The van der Waals surface area contributed by atoms with Gasteiger partial charge < -0.3 is 15.4 Å². The summed E-state index contributed by atoms with van der Waals surface area (Å²) in [6, 6.07) is 12.3. The molecule has 1 aliphatic carbocycles. The number of hydrogen-bond donors (Lipinski definition) is 2. The van der Waals surface area contributed by atoms with Crippen LogP contribution in [0.4, 0.5) is 5.00 Å². The fraction of sp³-hybridized carbons (Fsp3) is 0.429. The lowest BCUT2D eigenvalue weighted by Crippen LogP contribution is -2.38. The predicted molar refractivity (Wildman–Crippen MR) is 117 cm³/mol. The Bertz CT molecular complexity index is 766. The van der Waals surface area contributed by atoms with Crippen LogP contribution in [-0.4, -0.2) is 24.2 Å². The van der Waals surface area contributed by atoms with Gasteiger partial charge in [-0.3, -0.25) is 0 Å². The largest absolute Gasteiger partial charge is 0.465 e. The topological polar surface area (TPSA) is 50.4 Å². The van der Waals surface area contributed by atoms with Gasteiger partial charge in [0.1, 0.15) is 5.00 Å². The molecule has 0 saturated heterocycles. The summed E-state index contributed by atoms with van der Waals surface area (Å²) < 4.78 is 4.95. The van der Waals surface area contributed by atoms with E-state index in [4.69, 9.17) is 17.0 Å². The van der Waals surface area contributed by atoms with Crippen molar-refractivity contribution in [3.05, 3.63) is 42.0 Å². The average molecular weight is 403 g/mol. The van der Waals surface area contributed by atoms with Crippen molar-refractivity contribution in [1.82, 2.24) is 5.32 Å². The van der Waals surface area contributed by atoms with Crippen molar-refractivity contribution >= 4 is 39.6 Å². The number of rotatable bonds is 4. The maximum absolute atomic E-state index is 12.2. The highest BCUT2D eigenvalue weighted by atomic mass is 32.1. The van der Waals surface area contributed by atoms with Gasteiger partial charge >= 0.3 is 5.97 Å². The third kappa shape index (κ3) is 5.53. The fourth-order valence-corrected chi connectivity index (χ4v) is 4.80. The minimum absolute atomic E-state index is 0.357. The van der Waals surface area contributed by atoms with Gasteiger partial charge in [-0.1, -0.05) is 62.4 Å². The fourth-order valence-electron chi connectivity index (χ4n) is 3.42. The van der Waals surface area contributed by atoms with Crippen LogP contribution in [0.25, 0.3) is 10.4 Å². The van der Waals surface area contributed by atoms with Gasteiger partial charge in [-0.25, -0.2) is 4.79 Å². The molecule has 1 fully saturated rings. The van der Waals surface area contributed by atoms with E-state index in [1.807, 2.05) is 36.4 Å². The van der Waals surface area contributed by atoms with Crippen molar-refractivity contribution < 1.29 is 9.53 Å². The molecular weight excluding hydrogens is 376 g/mol. The smallest absolute Gasteiger partial charge is 0.340 e. The maximum Gasteiger partial charge on any atom is 0.340 e. The molecule has 2 aromatic rings. The molecule has 1 aromatic carbocycles. The summed E-state index contributed by atoms with van der Waals surface area (Å²) in [7, 11) is 1.40. The lowest BCUT2D eigenvalue weighted by molar-refractivity contribution is 0.0602. The van der Waals surface area contributed by atoms with Gasteiger partial charge in [0.25, 0.3) is 0 Å². The zero-order valence-electron chi connectivity index (χ0n) is 15.6. The molecule has 2 N–H and O–H groups in total. The standard InChI is InChI=1S/C21H26N2O2S2/c1-25-20(24)17-14-18(15-10-6-5-7-11-15)27-19(17)23-21(26)22-16-12-8-3-2-4-9-13-16/h5-7,10-11,14,16H,2-4,8-9,12-13H2,1H3,(H2,22,23,26). The minimum atomic E-state index is -0.357. The number of thiophene rings is 1.